The molecule has 0 radical (unpaired) electrons. The zero-order valence-corrected chi connectivity index (χ0v) is 17.2. The van der Waals surface area contributed by atoms with Crippen LogP contribution in [0, 0.1) is 17.8 Å². The van der Waals surface area contributed by atoms with Crippen LogP contribution in [-0.2, 0) is 9.59 Å². The number of carbonyl (C=O) groups is 2. The Balaban J connectivity index is 1.87. The van der Waals surface area contributed by atoms with E-state index in [1.54, 1.807) is 0 Å². The highest BCUT2D eigenvalue weighted by Crippen LogP contribution is 2.25. The summed E-state index contributed by atoms with van der Waals surface area (Å²) in [6.07, 6.45) is 5.77. The third-order valence-electron chi connectivity index (χ3n) is 5.08. The standard InChI is InChI=1S/C22H35N3O2/c1-15(2)13-20(26)25-21(16(3)4)22(27)24-19-11-9-18(10-12-19)23-14-17-7-5-6-8-17/h9-12,15-17,21,23H,5-8,13-14H2,1-4H3,(H,24,27)(H,25,26). The summed E-state index contributed by atoms with van der Waals surface area (Å²) in [5.74, 6) is 0.823. The van der Waals surface area contributed by atoms with Crippen LogP contribution in [0.2, 0.25) is 0 Å². The molecule has 1 atom stereocenters. The van der Waals surface area contributed by atoms with Crippen molar-refractivity contribution in [3.63, 3.8) is 0 Å². The molecule has 2 amide bonds. The molecule has 27 heavy (non-hydrogen) atoms. The summed E-state index contributed by atoms with van der Waals surface area (Å²) in [5, 5.41) is 9.28. The van der Waals surface area contributed by atoms with E-state index in [-0.39, 0.29) is 23.7 Å². The van der Waals surface area contributed by atoms with E-state index in [2.05, 4.69) is 16.0 Å². The van der Waals surface area contributed by atoms with Crippen molar-refractivity contribution in [2.24, 2.45) is 17.8 Å². The minimum atomic E-state index is -0.531. The fourth-order valence-electron chi connectivity index (χ4n) is 3.51. The maximum atomic E-state index is 12.6. The molecule has 1 saturated carbocycles. The molecule has 1 aromatic carbocycles. The van der Waals surface area contributed by atoms with Crippen LogP contribution in [0.3, 0.4) is 0 Å². The second-order valence-electron chi connectivity index (χ2n) is 8.49. The van der Waals surface area contributed by atoms with E-state index >= 15 is 0 Å². The first-order valence-electron chi connectivity index (χ1n) is 10.3. The summed E-state index contributed by atoms with van der Waals surface area (Å²) in [6.45, 7) is 8.88. The van der Waals surface area contributed by atoms with Gasteiger partial charge in [-0.15, -0.1) is 0 Å². The highest BCUT2D eigenvalue weighted by atomic mass is 16.2. The largest absolute Gasteiger partial charge is 0.385 e. The zero-order valence-electron chi connectivity index (χ0n) is 17.2. The molecule has 150 valence electrons. The molecule has 0 aromatic heterocycles. The third-order valence-corrected chi connectivity index (χ3v) is 5.08. The van der Waals surface area contributed by atoms with E-state index in [1.165, 1.54) is 25.7 Å². The van der Waals surface area contributed by atoms with Crippen LogP contribution < -0.4 is 16.0 Å². The van der Waals surface area contributed by atoms with Gasteiger partial charge in [-0.3, -0.25) is 9.59 Å². The zero-order chi connectivity index (χ0) is 19.8. The smallest absolute Gasteiger partial charge is 0.247 e. The summed E-state index contributed by atoms with van der Waals surface area (Å²) >= 11 is 0. The van der Waals surface area contributed by atoms with Crippen LogP contribution >= 0.6 is 0 Å². The van der Waals surface area contributed by atoms with Gasteiger partial charge in [0.1, 0.15) is 6.04 Å². The lowest BCUT2D eigenvalue weighted by molar-refractivity contribution is -0.127. The van der Waals surface area contributed by atoms with E-state index in [0.29, 0.717) is 6.42 Å². The quantitative estimate of drug-likeness (QED) is 0.600. The van der Waals surface area contributed by atoms with Gasteiger partial charge < -0.3 is 16.0 Å². The van der Waals surface area contributed by atoms with Crippen LogP contribution in [0.25, 0.3) is 0 Å². The SMILES string of the molecule is CC(C)CC(=O)NC(C(=O)Nc1ccc(NCC2CCCC2)cc1)C(C)C. The molecule has 2 rings (SSSR count). The second kappa shape index (κ2) is 10.3. The molecule has 0 heterocycles. The third kappa shape index (κ3) is 7.24. The lowest BCUT2D eigenvalue weighted by Crippen LogP contribution is -2.47. The fraction of sp³-hybridized carbons (Fsp3) is 0.636. The topological polar surface area (TPSA) is 70.2 Å². The van der Waals surface area contributed by atoms with Crippen molar-refractivity contribution in [2.45, 2.75) is 65.8 Å². The maximum absolute atomic E-state index is 12.6. The molecule has 5 nitrogen and oxygen atoms in total. The summed E-state index contributed by atoms with van der Waals surface area (Å²) in [6, 6.07) is 7.26. The van der Waals surface area contributed by atoms with Crippen LogP contribution in [0.1, 0.15) is 59.8 Å². The van der Waals surface area contributed by atoms with Gasteiger partial charge in [0, 0.05) is 24.3 Å². The fourth-order valence-corrected chi connectivity index (χ4v) is 3.51. The Morgan fingerprint density at radius 1 is 1.00 bits per heavy atom. The first-order chi connectivity index (χ1) is 12.8. The second-order valence-corrected chi connectivity index (χ2v) is 8.49. The Morgan fingerprint density at radius 2 is 1.59 bits per heavy atom. The van der Waals surface area contributed by atoms with Crippen molar-refractivity contribution < 1.29 is 9.59 Å². The number of carbonyl (C=O) groups excluding carboxylic acids is 2. The number of hydrogen-bond acceptors (Lipinski definition) is 3. The minimum absolute atomic E-state index is 0.0217. The monoisotopic (exact) mass is 373 g/mol. The lowest BCUT2D eigenvalue weighted by atomic mass is 10.0. The number of nitrogens with one attached hydrogen (secondary N) is 3. The average molecular weight is 374 g/mol. The van der Waals surface area contributed by atoms with Crippen LogP contribution in [0.4, 0.5) is 11.4 Å². The Labute approximate surface area is 163 Å². The molecular formula is C22H35N3O2. The minimum Gasteiger partial charge on any atom is -0.385 e. The van der Waals surface area contributed by atoms with Crippen molar-refractivity contribution in [3.8, 4) is 0 Å². The molecule has 5 heteroatoms. The van der Waals surface area contributed by atoms with Crippen LogP contribution in [0.15, 0.2) is 24.3 Å². The lowest BCUT2D eigenvalue weighted by Gasteiger charge is -2.22. The van der Waals surface area contributed by atoms with Gasteiger partial charge in [0.15, 0.2) is 0 Å². The molecule has 1 aliphatic rings. The predicted octanol–water partition coefficient (Wildman–Crippen LogP) is 4.41. The van der Waals surface area contributed by atoms with Gasteiger partial charge in [-0.2, -0.15) is 0 Å². The molecule has 1 aliphatic carbocycles. The Morgan fingerprint density at radius 3 is 2.15 bits per heavy atom. The molecule has 0 spiro atoms. The number of rotatable bonds is 9. The molecule has 0 bridgehead atoms. The first kappa shape index (κ1) is 21.3. The van der Waals surface area contributed by atoms with Crippen molar-refractivity contribution in [3.05, 3.63) is 24.3 Å². The van der Waals surface area contributed by atoms with Crippen molar-refractivity contribution >= 4 is 23.2 Å². The van der Waals surface area contributed by atoms with Crippen LogP contribution in [0.5, 0.6) is 0 Å². The van der Waals surface area contributed by atoms with E-state index in [1.807, 2.05) is 52.0 Å². The van der Waals surface area contributed by atoms with Crippen molar-refractivity contribution in [1.29, 1.82) is 0 Å². The number of anilines is 2. The van der Waals surface area contributed by atoms with E-state index in [0.717, 1.165) is 23.8 Å². The molecule has 0 aliphatic heterocycles. The highest BCUT2D eigenvalue weighted by Gasteiger charge is 2.24. The van der Waals surface area contributed by atoms with E-state index in [9.17, 15) is 9.59 Å². The molecule has 1 fully saturated rings. The van der Waals surface area contributed by atoms with Gasteiger partial charge in [-0.05, 0) is 54.9 Å². The summed E-state index contributed by atoms with van der Waals surface area (Å²) in [7, 11) is 0. The Kier molecular flexibility index (Phi) is 8.14. The molecule has 3 N–H and O–H groups in total. The summed E-state index contributed by atoms with van der Waals surface area (Å²) < 4.78 is 0. The number of amides is 2. The summed E-state index contributed by atoms with van der Waals surface area (Å²) in [4.78, 5) is 24.7. The van der Waals surface area contributed by atoms with Gasteiger partial charge in [-0.1, -0.05) is 40.5 Å². The van der Waals surface area contributed by atoms with Gasteiger partial charge >= 0.3 is 0 Å². The van der Waals surface area contributed by atoms with Gasteiger partial charge in [0.25, 0.3) is 0 Å². The van der Waals surface area contributed by atoms with E-state index in [4.69, 9.17) is 0 Å². The van der Waals surface area contributed by atoms with Crippen molar-refractivity contribution in [1.82, 2.24) is 5.32 Å². The Bertz CT molecular complexity index is 604. The number of benzene rings is 1. The molecule has 0 saturated heterocycles. The number of hydrogen-bond donors (Lipinski definition) is 3. The normalized spacial score (nSPS) is 15.8. The first-order valence-corrected chi connectivity index (χ1v) is 10.3. The van der Waals surface area contributed by atoms with E-state index < -0.39 is 6.04 Å². The highest BCUT2D eigenvalue weighted by molar-refractivity contribution is 5.97. The predicted molar refractivity (Wildman–Crippen MR) is 112 cm³/mol. The van der Waals surface area contributed by atoms with Gasteiger partial charge in [-0.25, -0.2) is 0 Å². The molecule has 1 aromatic rings. The van der Waals surface area contributed by atoms with Gasteiger partial charge in [0.2, 0.25) is 11.8 Å². The average Bonchev–Trinajstić information content (AvgIpc) is 3.11. The molecule has 1 unspecified atom stereocenters. The van der Waals surface area contributed by atoms with Gasteiger partial charge in [0.05, 0.1) is 0 Å². The van der Waals surface area contributed by atoms with Crippen molar-refractivity contribution in [2.75, 3.05) is 17.2 Å². The Hall–Kier alpha value is -2.04. The van der Waals surface area contributed by atoms with Crippen LogP contribution in [-0.4, -0.2) is 24.4 Å². The summed E-state index contributed by atoms with van der Waals surface area (Å²) in [5.41, 5.74) is 1.82. The molecular weight excluding hydrogens is 338 g/mol. The maximum Gasteiger partial charge on any atom is 0.247 e.